The molecule has 1 aliphatic heterocycles. The van der Waals surface area contributed by atoms with E-state index in [-0.39, 0.29) is 17.7 Å². The van der Waals surface area contributed by atoms with Gasteiger partial charge in [-0.05, 0) is 43.9 Å². The van der Waals surface area contributed by atoms with Gasteiger partial charge >= 0.3 is 0 Å². The number of amides is 2. The molecule has 1 aromatic carbocycles. The highest BCUT2D eigenvalue weighted by Gasteiger charge is 2.24. The maximum absolute atomic E-state index is 12.1. The van der Waals surface area contributed by atoms with Crippen LogP contribution in [0.2, 0.25) is 0 Å². The second kappa shape index (κ2) is 6.57. The molecule has 4 nitrogen and oxygen atoms in total. The van der Waals surface area contributed by atoms with Crippen LogP contribution in [-0.2, 0) is 9.59 Å². The monoisotopic (exact) mass is 286 g/mol. The average molecular weight is 286 g/mol. The van der Waals surface area contributed by atoms with Crippen molar-refractivity contribution >= 4 is 17.9 Å². The molecule has 1 aromatic rings. The second-order valence-electron chi connectivity index (χ2n) is 5.70. The number of primary amides is 1. The summed E-state index contributed by atoms with van der Waals surface area (Å²) in [5.41, 5.74) is 8.72. The lowest BCUT2D eigenvalue weighted by atomic mass is 9.96. The number of hydrogen-bond donors (Lipinski definition) is 1. The molecule has 1 saturated heterocycles. The molecule has 0 unspecified atom stereocenters. The molecule has 1 fully saturated rings. The fourth-order valence-corrected chi connectivity index (χ4v) is 2.66. The summed E-state index contributed by atoms with van der Waals surface area (Å²) in [6.45, 7) is 5.29. The number of carbonyl (C=O) groups excluding carboxylic acids is 2. The first-order chi connectivity index (χ1) is 9.97. The van der Waals surface area contributed by atoms with Crippen molar-refractivity contribution in [1.82, 2.24) is 4.90 Å². The van der Waals surface area contributed by atoms with Crippen LogP contribution in [-0.4, -0.2) is 29.8 Å². The van der Waals surface area contributed by atoms with Crippen LogP contribution in [0.3, 0.4) is 0 Å². The number of aryl methyl sites for hydroxylation is 2. The lowest BCUT2D eigenvalue weighted by Crippen LogP contribution is -2.41. The van der Waals surface area contributed by atoms with Gasteiger partial charge < -0.3 is 10.6 Å². The Morgan fingerprint density at radius 2 is 1.90 bits per heavy atom. The van der Waals surface area contributed by atoms with Gasteiger partial charge in [0.2, 0.25) is 11.8 Å². The lowest BCUT2D eigenvalue weighted by Gasteiger charge is -2.29. The molecule has 112 valence electrons. The molecule has 2 rings (SSSR count). The van der Waals surface area contributed by atoms with E-state index in [0.29, 0.717) is 25.9 Å². The fourth-order valence-electron chi connectivity index (χ4n) is 2.66. The molecule has 0 aromatic heterocycles. The van der Waals surface area contributed by atoms with Gasteiger partial charge in [0, 0.05) is 25.1 Å². The zero-order valence-electron chi connectivity index (χ0n) is 12.6. The number of rotatable bonds is 3. The van der Waals surface area contributed by atoms with E-state index >= 15 is 0 Å². The zero-order valence-corrected chi connectivity index (χ0v) is 12.6. The van der Waals surface area contributed by atoms with E-state index in [0.717, 1.165) is 11.1 Å². The van der Waals surface area contributed by atoms with E-state index in [9.17, 15) is 9.59 Å². The van der Waals surface area contributed by atoms with Crippen LogP contribution in [0.25, 0.3) is 6.08 Å². The number of carbonyl (C=O) groups is 2. The Morgan fingerprint density at radius 3 is 2.48 bits per heavy atom. The van der Waals surface area contributed by atoms with Crippen molar-refractivity contribution in [2.75, 3.05) is 13.1 Å². The minimum absolute atomic E-state index is 0.00195. The summed E-state index contributed by atoms with van der Waals surface area (Å²) < 4.78 is 0. The molecule has 1 aliphatic rings. The highest BCUT2D eigenvalue weighted by atomic mass is 16.2. The van der Waals surface area contributed by atoms with Crippen molar-refractivity contribution in [2.45, 2.75) is 26.7 Å². The van der Waals surface area contributed by atoms with Crippen molar-refractivity contribution < 1.29 is 9.59 Å². The number of likely N-dealkylation sites (tertiary alicyclic amines) is 1. The number of hydrogen-bond acceptors (Lipinski definition) is 2. The molecule has 2 amide bonds. The first-order valence-electron chi connectivity index (χ1n) is 7.31. The molecule has 2 N–H and O–H groups in total. The van der Waals surface area contributed by atoms with Crippen molar-refractivity contribution in [3.05, 3.63) is 41.0 Å². The second-order valence-corrected chi connectivity index (χ2v) is 5.70. The van der Waals surface area contributed by atoms with Crippen LogP contribution in [0, 0.1) is 19.8 Å². The highest BCUT2D eigenvalue weighted by molar-refractivity contribution is 5.92. The third kappa shape index (κ3) is 3.94. The van der Waals surface area contributed by atoms with Gasteiger partial charge in [-0.15, -0.1) is 0 Å². The van der Waals surface area contributed by atoms with Crippen LogP contribution in [0.1, 0.15) is 29.5 Å². The third-order valence-electron chi connectivity index (χ3n) is 4.04. The Labute approximate surface area is 125 Å². The Kier molecular flexibility index (Phi) is 4.78. The van der Waals surface area contributed by atoms with E-state index in [4.69, 9.17) is 5.73 Å². The summed E-state index contributed by atoms with van der Waals surface area (Å²) in [5.74, 6) is -0.344. The minimum atomic E-state index is -0.257. The fraction of sp³-hybridized carbons (Fsp3) is 0.412. The first kappa shape index (κ1) is 15.3. The Hall–Kier alpha value is -2.10. The van der Waals surface area contributed by atoms with E-state index in [1.165, 1.54) is 5.56 Å². The summed E-state index contributed by atoms with van der Waals surface area (Å²) in [6.07, 6.45) is 4.80. The van der Waals surface area contributed by atoms with Gasteiger partial charge in [-0.3, -0.25) is 9.59 Å². The van der Waals surface area contributed by atoms with E-state index < -0.39 is 0 Å². The summed E-state index contributed by atoms with van der Waals surface area (Å²) in [6, 6.07) is 6.16. The predicted molar refractivity (Wildman–Crippen MR) is 83.4 cm³/mol. The molecule has 0 atom stereocenters. The van der Waals surface area contributed by atoms with Gasteiger partial charge in [0.05, 0.1) is 0 Å². The largest absolute Gasteiger partial charge is 0.369 e. The molecular weight excluding hydrogens is 264 g/mol. The van der Waals surface area contributed by atoms with Crippen LogP contribution in [0.4, 0.5) is 0 Å². The van der Waals surface area contributed by atoms with Gasteiger partial charge in [0.25, 0.3) is 0 Å². The summed E-state index contributed by atoms with van der Waals surface area (Å²) in [4.78, 5) is 25.0. The molecule has 0 radical (unpaired) electrons. The molecule has 0 aliphatic carbocycles. The molecular formula is C17H22N2O2. The summed E-state index contributed by atoms with van der Waals surface area (Å²) in [5, 5.41) is 0. The number of nitrogens with zero attached hydrogens (tertiary/aromatic N) is 1. The van der Waals surface area contributed by atoms with Crippen LogP contribution in [0.5, 0.6) is 0 Å². The Balaban J connectivity index is 1.95. The standard InChI is InChI=1S/C17H22N2O2/c1-12-3-4-14(13(2)11-12)5-6-16(20)19-9-7-15(8-10-19)17(18)21/h3-6,11,15H,7-10H2,1-2H3,(H2,18,21). The first-order valence-corrected chi connectivity index (χ1v) is 7.31. The molecule has 1 heterocycles. The van der Waals surface area contributed by atoms with Gasteiger partial charge in [-0.1, -0.05) is 23.8 Å². The van der Waals surface area contributed by atoms with Crippen molar-refractivity contribution in [3.8, 4) is 0 Å². The van der Waals surface area contributed by atoms with E-state index in [1.807, 2.05) is 25.1 Å². The average Bonchev–Trinajstić information content (AvgIpc) is 2.46. The van der Waals surface area contributed by atoms with Crippen molar-refractivity contribution in [1.29, 1.82) is 0 Å². The van der Waals surface area contributed by atoms with Gasteiger partial charge in [-0.2, -0.15) is 0 Å². The normalized spacial score (nSPS) is 16.4. The molecule has 0 bridgehead atoms. The quantitative estimate of drug-likeness (QED) is 0.864. The maximum atomic E-state index is 12.1. The summed E-state index contributed by atoms with van der Waals surface area (Å²) in [7, 11) is 0. The lowest BCUT2D eigenvalue weighted by molar-refractivity contribution is -0.130. The molecule has 4 heteroatoms. The third-order valence-corrected chi connectivity index (χ3v) is 4.04. The minimum Gasteiger partial charge on any atom is -0.369 e. The van der Waals surface area contributed by atoms with Gasteiger partial charge in [-0.25, -0.2) is 0 Å². The van der Waals surface area contributed by atoms with Crippen LogP contribution in [0.15, 0.2) is 24.3 Å². The highest BCUT2D eigenvalue weighted by Crippen LogP contribution is 2.17. The van der Waals surface area contributed by atoms with Crippen molar-refractivity contribution in [2.24, 2.45) is 11.7 Å². The SMILES string of the molecule is Cc1ccc(C=CC(=O)N2CCC(C(N)=O)CC2)c(C)c1. The number of benzene rings is 1. The molecule has 0 saturated carbocycles. The molecule has 0 spiro atoms. The van der Waals surface area contributed by atoms with Gasteiger partial charge in [0.1, 0.15) is 0 Å². The maximum Gasteiger partial charge on any atom is 0.246 e. The van der Waals surface area contributed by atoms with E-state index in [1.54, 1.807) is 11.0 Å². The smallest absolute Gasteiger partial charge is 0.246 e. The van der Waals surface area contributed by atoms with Crippen molar-refractivity contribution in [3.63, 3.8) is 0 Å². The molecule has 21 heavy (non-hydrogen) atoms. The summed E-state index contributed by atoms with van der Waals surface area (Å²) >= 11 is 0. The number of nitrogens with two attached hydrogens (primary N) is 1. The zero-order chi connectivity index (χ0) is 15.4. The van der Waals surface area contributed by atoms with E-state index in [2.05, 4.69) is 13.0 Å². The van der Waals surface area contributed by atoms with Crippen LogP contribution < -0.4 is 5.73 Å². The topological polar surface area (TPSA) is 63.4 Å². The van der Waals surface area contributed by atoms with Crippen LogP contribution >= 0.6 is 0 Å². The Morgan fingerprint density at radius 1 is 1.24 bits per heavy atom. The van der Waals surface area contributed by atoms with Gasteiger partial charge in [0.15, 0.2) is 0 Å². The Bertz CT molecular complexity index is 570. The number of piperidine rings is 1. The predicted octanol–water partition coefficient (Wildman–Crippen LogP) is 2.04.